The van der Waals surface area contributed by atoms with E-state index in [1.54, 1.807) is 10.9 Å². The lowest BCUT2D eigenvalue weighted by Gasteiger charge is -2.06. The van der Waals surface area contributed by atoms with Crippen molar-refractivity contribution in [2.24, 2.45) is 0 Å². The van der Waals surface area contributed by atoms with Crippen LogP contribution in [0.2, 0.25) is 0 Å². The van der Waals surface area contributed by atoms with E-state index in [9.17, 15) is 4.79 Å². The van der Waals surface area contributed by atoms with Gasteiger partial charge in [-0.3, -0.25) is 0 Å². The molecule has 0 aliphatic rings. The summed E-state index contributed by atoms with van der Waals surface area (Å²) in [6.07, 6.45) is 1.57. The van der Waals surface area contributed by atoms with E-state index in [2.05, 4.69) is 31.1 Å². The number of hydrogen-bond acceptors (Lipinski definition) is 2. The van der Waals surface area contributed by atoms with Crippen molar-refractivity contribution >= 4 is 0 Å². The topological polar surface area (TPSA) is 39.8 Å². The van der Waals surface area contributed by atoms with Crippen molar-refractivity contribution in [2.75, 3.05) is 0 Å². The van der Waals surface area contributed by atoms with Gasteiger partial charge in [-0.05, 0) is 30.5 Å². The first-order chi connectivity index (χ1) is 8.13. The molecule has 1 aromatic heterocycles. The van der Waals surface area contributed by atoms with Gasteiger partial charge in [-0.1, -0.05) is 26.0 Å². The molecule has 0 N–H and O–H groups in total. The maximum atomic E-state index is 11.9. The summed E-state index contributed by atoms with van der Waals surface area (Å²) in [5, 5.41) is 4.04. The van der Waals surface area contributed by atoms with Gasteiger partial charge in [0.15, 0.2) is 0 Å². The predicted octanol–water partition coefficient (Wildman–Crippen LogP) is 2.18. The van der Waals surface area contributed by atoms with E-state index in [0.29, 0.717) is 12.5 Å². The van der Waals surface area contributed by atoms with Gasteiger partial charge in [0.2, 0.25) is 0 Å². The van der Waals surface area contributed by atoms with Crippen LogP contribution in [0.3, 0.4) is 0 Å². The third-order valence-electron chi connectivity index (χ3n) is 2.87. The van der Waals surface area contributed by atoms with Gasteiger partial charge in [-0.15, -0.1) is 0 Å². The van der Waals surface area contributed by atoms with Crippen molar-refractivity contribution in [3.8, 4) is 5.69 Å². The highest BCUT2D eigenvalue weighted by Crippen LogP contribution is 2.15. The summed E-state index contributed by atoms with van der Waals surface area (Å²) >= 11 is 0. The maximum Gasteiger partial charge on any atom is 0.350 e. The van der Waals surface area contributed by atoms with Crippen LogP contribution in [0.5, 0.6) is 0 Å². The van der Waals surface area contributed by atoms with Gasteiger partial charge in [0.1, 0.15) is 6.33 Å². The summed E-state index contributed by atoms with van der Waals surface area (Å²) in [5.74, 6) is 0.499. The van der Waals surface area contributed by atoms with Crippen molar-refractivity contribution in [3.63, 3.8) is 0 Å². The summed E-state index contributed by atoms with van der Waals surface area (Å²) in [7, 11) is 0. The second-order valence-electron chi connectivity index (χ2n) is 4.35. The highest BCUT2D eigenvalue weighted by Gasteiger charge is 2.05. The SMILES string of the molecule is CCn1ncn(-c2ccc(C(C)C)cc2)c1=O. The molecule has 0 spiro atoms. The Balaban J connectivity index is 2.40. The Bertz CT molecular complexity index is 549. The molecular weight excluding hydrogens is 214 g/mol. The Hall–Kier alpha value is -1.84. The molecule has 0 aliphatic heterocycles. The summed E-state index contributed by atoms with van der Waals surface area (Å²) < 4.78 is 3.00. The van der Waals surface area contributed by atoms with Gasteiger partial charge >= 0.3 is 5.69 Å². The van der Waals surface area contributed by atoms with Crippen molar-refractivity contribution in [2.45, 2.75) is 33.2 Å². The van der Waals surface area contributed by atoms with Gasteiger partial charge in [0.25, 0.3) is 0 Å². The minimum absolute atomic E-state index is 0.0928. The van der Waals surface area contributed by atoms with Crippen LogP contribution in [0.1, 0.15) is 32.3 Å². The first-order valence-corrected chi connectivity index (χ1v) is 5.88. The monoisotopic (exact) mass is 231 g/mol. The predicted molar refractivity (Wildman–Crippen MR) is 67.6 cm³/mol. The number of aryl methyl sites for hydroxylation is 1. The van der Waals surface area contributed by atoms with E-state index < -0.39 is 0 Å². The number of aromatic nitrogens is 3. The van der Waals surface area contributed by atoms with E-state index in [4.69, 9.17) is 0 Å². The normalized spacial score (nSPS) is 11.1. The van der Waals surface area contributed by atoms with Gasteiger partial charge in [0, 0.05) is 6.54 Å². The third-order valence-corrected chi connectivity index (χ3v) is 2.87. The fourth-order valence-corrected chi connectivity index (χ4v) is 1.75. The lowest BCUT2D eigenvalue weighted by molar-refractivity contribution is 0.629. The highest BCUT2D eigenvalue weighted by molar-refractivity contribution is 5.35. The summed E-state index contributed by atoms with van der Waals surface area (Å²) in [6, 6.07) is 8.02. The maximum absolute atomic E-state index is 11.9. The third kappa shape index (κ3) is 2.16. The van der Waals surface area contributed by atoms with Gasteiger partial charge in [-0.2, -0.15) is 5.10 Å². The first kappa shape index (κ1) is 11.6. The molecule has 0 fully saturated rings. The smallest absolute Gasteiger partial charge is 0.250 e. The molecule has 0 saturated carbocycles. The van der Waals surface area contributed by atoms with Crippen LogP contribution >= 0.6 is 0 Å². The molecule has 4 heteroatoms. The van der Waals surface area contributed by atoms with Crippen LogP contribution in [0.15, 0.2) is 35.4 Å². The Kier molecular flexibility index (Phi) is 3.13. The van der Waals surface area contributed by atoms with Crippen molar-refractivity contribution in [1.82, 2.24) is 14.3 Å². The Morgan fingerprint density at radius 1 is 1.24 bits per heavy atom. The molecule has 0 radical (unpaired) electrons. The average Bonchev–Trinajstić information content (AvgIpc) is 2.70. The van der Waals surface area contributed by atoms with Crippen LogP contribution in [-0.4, -0.2) is 14.3 Å². The molecule has 0 aliphatic carbocycles. The number of benzene rings is 1. The molecule has 1 aromatic carbocycles. The van der Waals surface area contributed by atoms with Crippen LogP contribution in [0.25, 0.3) is 5.69 Å². The molecule has 0 atom stereocenters. The summed E-state index contributed by atoms with van der Waals surface area (Å²) in [5.41, 5.74) is 2.04. The lowest BCUT2D eigenvalue weighted by Crippen LogP contribution is -2.23. The average molecular weight is 231 g/mol. The lowest BCUT2D eigenvalue weighted by atomic mass is 10.0. The molecule has 1 heterocycles. The minimum Gasteiger partial charge on any atom is -0.250 e. The zero-order valence-corrected chi connectivity index (χ0v) is 10.4. The zero-order chi connectivity index (χ0) is 12.4. The molecule has 0 bridgehead atoms. The van der Waals surface area contributed by atoms with Crippen LogP contribution < -0.4 is 5.69 Å². The Morgan fingerprint density at radius 2 is 1.88 bits per heavy atom. The molecule has 4 nitrogen and oxygen atoms in total. The highest BCUT2D eigenvalue weighted by atomic mass is 16.2. The van der Waals surface area contributed by atoms with Crippen molar-refractivity contribution in [3.05, 3.63) is 46.6 Å². The van der Waals surface area contributed by atoms with Crippen LogP contribution in [-0.2, 0) is 6.54 Å². The fourth-order valence-electron chi connectivity index (χ4n) is 1.75. The number of hydrogen-bond donors (Lipinski definition) is 0. The number of nitrogens with zero attached hydrogens (tertiary/aromatic N) is 3. The van der Waals surface area contributed by atoms with E-state index >= 15 is 0 Å². The molecule has 90 valence electrons. The zero-order valence-electron chi connectivity index (χ0n) is 10.4. The van der Waals surface area contributed by atoms with Crippen LogP contribution in [0.4, 0.5) is 0 Å². The van der Waals surface area contributed by atoms with E-state index in [1.807, 2.05) is 19.1 Å². The van der Waals surface area contributed by atoms with Crippen LogP contribution in [0, 0.1) is 0 Å². The molecule has 0 unspecified atom stereocenters. The molecule has 17 heavy (non-hydrogen) atoms. The molecular formula is C13H17N3O. The van der Waals surface area contributed by atoms with Gasteiger partial charge in [-0.25, -0.2) is 14.0 Å². The minimum atomic E-state index is -0.0928. The first-order valence-electron chi connectivity index (χ1n) is 5.88. The Morgan fingerprint density at radius 3 is 2.35 bits per heavy atom. The van der Waals surface area contributed by atoms with E-state index in [0.717, 1.165) is 5.69 Å². The van der Waals surface area contributed by atoms with Crippen molar-refractivity contribution < 1.29 is 0 Å². The molecule has 2 rings (SSSR count). The van der Waals surface area contributed by atoms with Gasteiger partial charge in [0.05, 0.1) is 5.69 Å². The fraction of sp³-hybridized carbons (Fsp3) is 0.385. The number of rotatable bonds is 3. The Labute approximate surface area is 101 Å². The standard InChI is InChI=1S/C13H17N3O/c1-4-16-13(17)15(9-14-16)12-7-5-11(6-8-12)10(2)3/h5-10H,4H2,1-3H3. The molecule has 0 amide bonds. The second kappa shape index (κ2) is 4.57. The summed E-state index contributed by atoms with van der Waals surface area (Å²) in [4.78, 5) is 11.9. The summed E-state index contributed by atoms with van der Waals surface area (Å²) in [6.45, 7) is 6.79. The second-order valence-corrected chi connectivity index (χ2v) is 4.35. The molecule has 0 saturated heterocycles. The quantitative estimate of drug-likeness (QED) is 0.812. The van der Waals surface area contributed by atoms with Crippen molar-refractivity contribution in [1.29, 1.82) is 0 Å². The largest absolute Gasteiger partial charge is 0.350 e. The van der Waals surface area contributed by atoms with Gasteiger partial charge < -0.3 is 0 Å². The van der Waals surface area contributed by atoms with E-state index in [-0.39, 0.29) is 5.69 Å². The van der Waals surface area contributed by atoms with E-state index in [1.165, 1.54) is 10.2 Å². The molecule has 2 aromatic rings.